The van der Waals surface area contributed by atoms with Crippen molar-refractivity contribution >= 4 is 11.6 Å². The van der Waals surface area contributed by atoms with Crippen molar-refractivity contribution in [2.45, 2.75) is 20.4 Å². The molecular weight excluding hydrogens is 330 g/mol. The highest BCUT2D eigenvalue weighted by Crippen LogP contribution is 2.21. The Balaban J connectivity index is 1.63. The minimum absolute atomic E-state index is 0.00552. The first-order valence-electron chi connectivity index (χ1n) is 8.77. The topological polar surface area (TPSA) is 66.7 Å². The largest absolute Gasteiger partial charge is 0.336 e. The minimum atomic E-state index is -0.438. The van der Waals surface area contributed by atoms with E-state index in [4.69, 9.17) is 0 Å². The van der Waals surface area contributed by atoms with E-state index in [0.29, 0.717) is 24.2 Å². The van der Waals surface area contributed by atoms with Gasteiger partial charge in [0.15, 0.2) is 0 Å². The van der Waals surface area contributed by atoms with Gasteiger partial charge in [-0.25, -0.2) is 0 Å². The van der Waals surface area contributed by atoms with Crippen LogP contribution in [0.25, 0.3) is 0 Å². The van der Waals surface area contributed by atoms with Gasteiger partial charge in [0.2, 0.25) is 0 Å². The van der Waals surface area contributed by atoms with Gasteiger partial charge in [0.05, 0.1) is 4.92 Å². The molecule has 1 fully saturated rings. The molecular formula is C20H23N3O3. The lowest BCUT2D eigenvalue weighted by Gasteiger charge is -2.35. The van der Waals surface area contributed by atoms with Crippen LogP contribution < -0.4 is 0 Å². The third-order valence-corrected chi connectivity index (χ3v) is 4.97. The third-order valence-electron chi connectivity index (χ3n) is 4.97. The van der Waals surface area contributed by atoms with E-state index >= 15 is 0 Å². The summed E-state index contributed by atoms with van der Waals surface area (Å²) in [7, 11) is 0. The highest BCUT2D eigenvalue weighted by molar-refractivity contribution is 5.95. The van der Waals surface area contributed by atoms with Crippen LogP contribution in [0.15, 0.2) is 42.5 Å². The Kier molecular flexibility index (Phi) is 5.32. The Hall–Kier alpha value is -2.73. The third kappa shape index (κ3) is 3.91. The molecule has 0 N–H and O–H groups in total. The highest BCUT2D eigenvalue weighted by Gasteiger charge is 2.24. The molecule has 2 aromatic carbocycles. The molecule has 0 atom stereocenters. The van der Waals surface area contributed by atoms with Crippen LogP contribution in [0.3, 0.4) is 0 Å². The smallest absolute Gasteiger partial charge is 0.273 e. The summed E-state index contributed by atoms with van der Waals surface area (Å²) in [6.07, 6.45) is 0. The van der Waals surface area contributed by atoms with Crippen LogP contribution in [-0.2, 0) is 6.54 Å². The fourth-order valence-electron chi connectivity index (χ4n) is 3.26. The maximum absolute atomic E-state index is 12.7. The lowest BCUT2D eigenvalue weighted by Crippen LogP contribution is -2.48. The number of amides is 1. The second-order valence-electron chi connectivity index (χ2n) is 6.75. The van der Waals surface area contributed by atoms with Crippen LogP contribution in [0.2, 0.25) is 0 Å². The van der Waals surface area contributed by atoms with Crippen molar-refractivity contribution in [2.75, 3.05) is 26.2 Å². The van der Waals surface area contributed by atoms with E-state index in [-0.39, 0.29) is 11.6 Å². The van der Waals surface area contributed by atoms with E-state index < -0.39 is 4.92 Å². The summed E-state index contributed by atoms with van der Waals surface area (Å²) in [6, 6.07) is 13.0. The van der Waals surface area contributed by atoms with Gasteiger partial charge in [0.25, 0.3) is 11.6 Å². The molecule has 1 aliphatic rings. The van der Waals surface area contributed by atoms with Crippen LogP contribution in [0.4, 0.5) is 5.69 Å². The number of nitro benzene ring substituents is 1. The molecule has 136 valence electrons. The van der Waals surface area contributed by atoms with E-state index in [0.717, 1.165) is 19.6 Å². The van der Waals surface area contributed by atoms with E-state index in [2.05, 4.69) is 24.0 Å². The van der Waals surface area contributed by atoms with E-state index in [9.17, 15) is 14.9 Å². The van der Waals surface area contributed by atoms with Crippen molar-refractivity contribution in [3.63, 3.8) is 0 Å². The fraction of sp³-hybridized carbons (Fsp3) is 0.350. The van der Waals surface area contributed by atoms with Crippen LogP contribution in [-0.4, -0.2) is 46.8 Å². The summed E-state index contributed by atoms with van der Waals surface area (Å²) in [5.41, 5.74) is 3.53. The summed E-state index contributed by atoms with van der Waals surface area (Å²) in [5.74, 6) is -0.136. The molecule has 6 nitrogen and oxygen atoms in total. The number of aryl methyl sites for hydroxylation is 2. The van der Waals surface area contributed by atoms with Gasteiger partial charge in [-0.3, -0.25) is 19.8 Å². The van der Waals surface area contributed by atoms with Crippen LogP contribution in [0.1, 0.15) is 27.0 Å². The predicted molar refractivity (Wildman–Crippen MR) is 100 cm³/mol. The fourth-order valence-corrected chi connectivity index (χ4v) is 3.26. The standard InChI is InChI=1S/C20H23N3O3/c1-15-5-3-4-6-18(15)14-21-9-11-22(12-10-21)20(24)17-8-7-16(2)19(13-17)23(25)26/h3-8,13H,9-12,14H2,1-2H3. The summed E-state index contributed by atoms with van der Waals surface area (Å²) in [5, 5.41) is 11.1. The molecule has 0 aromatic heterocycles. The molecule has 1 amide bonds. The second kappa shape index (κ2) is 7.66. The average Bonchev–Trinajstić information content (AvgIpc) is 2.64. The number of hydrogen-bond donors (Lipinski definition) is 0. The second-order valence-corrected chi connectivity index (χ2v) is 6.75. The minimum Gasteiger partial charge on any atom is -0.336 e. The predicted octanol–water partition coefficient (Wildman–Crippen LogP) is 3.17. The first-order valence-corrected chi connectivity index (χ1v) is 8.77. The Bertz CT molecular complexity index is 827. The van der Waals surface area contributed by atoms with Crippen molar-refractivity contribution in [1.29, 1.82) is 0 Å². The van der Waals surface area contributed by atoms with Gasteiger partial charge in [-0.1, -0.05) is 30.3 Å². The molecule has 2 aromatic rings. The molecule has 1 heterocycles. The number of nitro groups is 1. The molecule has 26 heavy (non-hydrogen) atoms. The summed E-state index contributed by atoms with van der Waals surface area (Å²) in [6.45, 7) is 7.53. The lowest BCUT2D eigenvalue weighted by molar-refractivity contribution is -0.385. The summed E-state index contributed by atoms with van der Waals surface area (Å²) in [4.78, 5) is 27.5. The summed E-state index contributed by atoms with van der Waals surface area (Å²) >= 11 is 0. The monoisotopic (exact) mass is 353 g/mol. The van der Waals surface area contributed by atoms with Crippen LogP contribution in [0.5, 0.6) is 0 Å². The Morgan fingerprint density at radius 3 is 2.38 bits per heavy atom. The number of nitrogens with zero attached hydrogens (tertiary/aromatic N) is 3. The first-order chi connectivity index (χ1) is 12.5. The van der Waals surface area contributed by atoms with Gasteiger partial charge in [0, 0.05) is 49.9 Å². The molecule has 0 unspecified atom stereocenters. The Morgan fingerprint density at radius 1 is 1.04 bits per heavy atom. The number of benzene rings is 2. The Morgan fingerprint density at radius 2 is 1.73 bits per heavy atom. The van der Waals surface area contributed by atoms with Gasteiger partial charge in [-0.15, -0.1) is 0 Å². The zero-order valence-corrected chi connectivity index (χ0v) is 15.1. The molecule has 0 radical (unpaired) electrons. The lowest BCUT2D eigenvalue weighted by atomic mass is 10.1. The molecule has 0 spiro atoms. The molecule has 1 saturated heterocycles. The van der Waals surface area contributed by atoms with Crippen molar-refractivity contribution in [1.82, 2.24) is 9.80 Å². The van der Waals surface area contributed by atoms with E-state index in [1.807, 2.05) is 12.1 Å². The van der Waals surface area contributed by atoms with E-state index in [1.54, 1.807) is 24.0 Å². The molecule has 0 saturated carbocycles. The maximum Gasteiger partial charge on any atom is 0.273 e. The van der Waals surface area contributed by atoms with Gasteiger partial charge in [-0.2, -0.15) is 0 Å². The number of carbonyl (C=O) groups is 1. The van der Waals surface area contributed by atoms with Gasteiger partial charge < -0.3 is 4.90 Å². The number of carbonyl (C=O) groups excluding carboxylic acids is 1. The van der Waals surface area contributed by atoms with Crippen molar-refractivity contribution < 1.29 is 9.72 Å². The van der Waals surface area contributed by atoms with Crippen LogP contribution >= 0.6 is 0 Å². The van der Waals surface area contributed by atoms with Crippen LogP contribution in [0, 0.1) is 24.0 Å². The zero-order valence-electron chi connectivity index (χ0n) is 15.1. The first kappa shape index (κ1) is 18.1. The molecule has 0 aliphatic carbocycles. The van der Waals surface area contributed by atoms with Crippen molar-refractivity contribution in [2.24, 2.45) is 0 Å². The Labute approximate surface area is 153 Å². The number of rotatable bonds is 4. The maximum atomic E-state index is 12.7. The zero-order chi connectivity index (χ0) is 18.7. The van der Waals surface area contributed by atoms with Gasteiger partial charge in [0.1, 0.15) is 0 Å². The average molecular weight is 353 g/mol. The van der Waals surface area contributed by atoms with Gasteiger partial charge >= 0.3 is 0 Å². The quantitative estimate of drug-likeness (QED) is 0.625. The molecule has 6 heteroatoms. The SMILES string of the molecule is Cc1ccccc1CN1CCN(C(=O)c2ccc(C)c([N+](=O)[O-])c2)CC1. The summed E-state index contributed by atoms with van der Waals surface area (Å²) < 4.78 is 0. The van der Waals surface area contributed by atoms with Crippen molar-refractivity contribution in [3.8, 4) is 0 Å². The molecule has 0 bridgehead atoms. The van der Waals surface area contributed by atoms with Gasteiger partial charge in [-0.05, 0) is 31.0 Å². The normalized spacial score (nSPS) is 15.1. The molecule has 3 rings (SSSR count). The van der Waals surface area contributed by atoms with Crippen molar-refractivity contribution in [3.05, 3.63) is 74.8 Å². The molecule has 1 aliphatic heterocycles. The highest BCUT2D eigenvalue weighted by atomic mass is 16.6. The number of piperazine rings is 1. The number of hydrogen-bond acceptors (Lipinski definition) is 4. The van der Waals surface area contributed by atoms with E-state index in [1.165, 1.54) is 17.2 Å².